The summed E-state index contributed by atoms with van der Waals surface area (Å²) < 4.78 is 1.97. The lowest BCUT2D eigenvalue weighted by atomic mass is 10.3. The van der Waals surface area contributed by atoms with E-state index >= 15 is 0 Å². The molecule has 1 aromatic carbocycles. The summed E-state index contributed by atoms with van der Waals surface area (Å²) in [7, 11) is 0. The van der Waals surface area contributed by atoms with Gasteiger partial charge in [-0.25, -0.2) is 4.98 Å². The van der Waals surface area contributed by atoms with Crippen LogP contribution in [0.5, 0.6) is 0 Å². The summed E-state index contributed by atoms with van der Waals surface area (Å²) in [6, 6.07) is 10.0. The van der Waals surface area contributed by atoms with Crippen LogP contribution in [0.3, 0.4) is 0 Å². The number of aryl methyl sites for hydroxylation is 1. The van der Waals surface area contributed by atoms with Gasteiger partial charge in [0, 0.05) is 5.69 Å². The highest BCUT2D eigenvalue weighted by Crippen LogP contribution is 2.12. The van der Waals surface area contributed by atoms with Gasteiger partial charge in [0.1, 0.15) is 11.6 Å². The topological polar surface area (TPSA) is 43.8 Å². The number of hydrogen-bond donors (Lipinski definition) is 1. The SMILES string of the molecule is Cc1nc(N)cn1-c1ccccc1. The number of benzene rings is 1. The fraction of sp³-hybridized carbons (Fsp3) is 0.100. The van der Waals surface area contributed by atoms with E-state index in [2.05, 4.69) is 4.98 Å². The van der Waals surface area contributed by atoms with Crippen molar-refractivity contribution in [2.24, 2.45) is 0 Å². The molecule has 0 fully saturated rings. The van der Waals surface area contributed by atoms with Gasteiger partial charge in [-0.15, -0.1) is 0 Å². The molecule has 0 amide bonds. The van der Waals surface area contributed by atoms with Crippen molar-refractivity contribution in [3.05, 3.63) is 42.4 Å². The molecule has 0 atom stereocenters. The number of nitrogens with zero attached hydrogens (tertiary/aromatic N) is 2. The molecule has 13 heavy (non-hydrogen) atoms. The van der Waals surface area contributed by atoms with Crippen molar-refractivity contribution in [1.82, 2.24) is 9.55 Å². The van der Waals surface area contributed by atoms with Gasteiger partial charge in [-0.05, 0) is 19.1 Å². The van der Waals surface area contributed by atoms with Crippen molar-refractivity contribution in [1.29, 1.82) is 0 Å². The summed E-state index contributed by atoms with van der Waals surface area (Å²) >= 11 is 0. The summed E-state index contributed by atoms with van der Waals surface area (Å²) in [4.78, 5) is 4.13. The highest BCUT2D eigenvalue weighted by molar-refractivity contribution is 5.38. The predicted octanol–water partition coefficient (Wildman–Crippen LogP) is 1.76. The molecular weight excluding hydrogens is 162 g/mol. The minimum absolute atomic E-state index is 0.557. The Morgan fingerprint density at radius 2 is 1.92 bits per heavy atom. The Morgan fingerprint density at radius 3 is 2.46 bits per heavy atom. The molecule has 0 spiro atoms. The first-order valence-electron chi connectivity index (χ1n) is 4.14. The van der Waals surface area contributed by atoms with Crippen LogP contribution in [0.2, 0.25) is 0 Å². The first kappa shape index (κ1) is 7.86. The second-order valence-electron chi connectivity index (χ2n) is 2.92. The van der Waals surface area contributed by atoms with Crippen LogP contribution in [0, 0.1) is 6.92 Å². The monoisotopic (exact) mass is 173 g/mol. The van der Waals surface area contributed by atoms with E-state index in [0.717, 1.165) is 11.5 Å². The second-order valence-corrected chi connectivity index (χ2v) is 2.92. The largest absolute Gasteiger partial charge is 0.382 e. The summed E-state index contributed by atoms with van der Waals surface area (Å²) in [5.74, 6) is 1.46. The Balaban J connectivity index is 2.53. The number of aromatic nitrogens is 2. The maximum absolute atomic E-state index is 5.58. The Kier molecular flexibility index (Phi) is 1.77. The fourth-order valence-electron chi connectivity index (χ4n) is 1.35. The maximum Gasteiger partial charge on any atom is 0.142 e. The molecule has 1 aromatic heterocycles. The molecular formula is C10H11N3. The highest BCUT2D eigenvalue weighted by Gasteiger charge is 2.01. The van der Waals surface area contributed by atoms with Crippen LogP contribution in [0.15, 0.2) is 36.5 Å². The van der Waals surface area contributed by atoms with Gasteiger partial charge in [0.05, 0.1) is 6.20 Å². The molecule has 0 aliphatic heterocycles. The highest BCUT2D eigenvalue weighted by atomic mass is 15.1. The Labute approximate surface area is 76.8 Å². The van der Waals surface area contributed by atoms with E-state index in [0.29, 0.717) is 5.82 Å². The molecule has 1 heterocycles. The summed E-state index contributed by atoms with van der Waals surface area (Å²) in [5.41, 5.74) is 6.67. The van der Waals surface area contributed by atoms with Gasteiger partial charge in [0.15, 0.2) is 0 Å². The summed E-state index contributed by atoms with van der Waals surface area (Å²) in [6.45, 7) is 1.93. The maximum atomic E-state index is 5.58. The van der Waals surface area contributed by atoms with Crippen LogP contribution in [-0.2, 0) is 0 Å². The van der Waals surface area contributed by atoms with Crippen molar-refractivity contribution >= 4 is 5.82 Å². The van der Waals surface area contributed by atoms with Gasteiger partial charge in [-0.1, -0.05) is 18.2 Å². The molecule has 0 saturated heterocycles. The number of nitrogens with two attached hydrogens (primary N) is 1. The van der Waals surface area contributed by atoms with Gasteiger partial charge in [-0.2, -0.15) is 0 Å². The zero-order chi connectivity index (χ0) is 9.26. The average molecular weight is 173 g/mol. The minimum Gasteiger partial charge on any atom is -0.382 e. The number of para-hydroxylation sites is 1. The second kappa shape index (κ2) is 2.94. The van der Waals surface area contributed by atoms with Crippen LogP contribution in [0.4, 0.5) is 5.82 Å². The lowest BCUT2D eigenvalue weighted by Gasteiger charge is -2.02. The van der Waals surface area contributed by atoms with Gasteiger partial charge < -0.3 is 10.3 Å². The van der Waals surface area contributed by atoms with Crippen molar-refractivity contribution in [2.45, 2.75) is 6.92 Å². The molecule has 2 N–H and O–H groups in total. The molecule has 3 heteroatoms. The summed E-state index contributed by atoms with van der Waals surface area (Å²) in [5, 5.41) is 0. The molecule has 2 aromatic rings. The van der Waals surface area contributed by atoms with E-state index in [1.54, 1.807) is 0 Å². The van der Waals surface area contributed by atoms with Gasteiger partial charge in [-0.3, -0.25) is 0 Å². The van der Waals surface area contributed by atoms with Crippen LogP contribution in [-0.4, -0.2) is 9.55 Å². The van der Waals surface area contributed by atoms with E-state index in [4.69, 9.17) is 5.73 Å². The average Bonchev–Trinajstić information content (AvgIpc) is 2.47. The molecule has 66 valence electrons. The van der Waals surface area contributed by atoms with E-state index in [-0.39, 0.29) is 0 Å². The molecule has 0 aliphatic rings. The van der Waals surface area contributed by atoms with Crippen LogP contribution >= 0.6 is 0 Å². The lowest BCUT2D eigenvalue weighted by molar-refractivity contribution is 0.975. The third kappa shape index (κ3) is 1.40. The predicted molar refractivity (Wildman–Crippen MR) is 52.7 cm³/mol. The Bertz CT molecular complexity index is 403. The standard InChI is InChI=1S/C10H11N3/c1-8-12-10(11)7-13(8)9-5-3-2-4-6-9/h2-7H,11H2,1H3. The summed E-state index contributed by atoms with van der Waals surface area (Å²) in [6.07, 6.45) is 1.82. The van der Waals surface area contributed by atoms with Gasteiger partial charge >= 0.3 is 0 Å². The van der Waals surface area contributed by atoms with Gasteiger partial charge in [0.25, 0.3) is 0 Å². The van der Waals surface area contributed by atoms with Gasteiger partial charge in [0.2, 0.25) is 0 Å². The smallest absolute Gasteiger partial charge is 0.142 e. The number of nitrogen functional groups attached to an aromatic ring is 1. The van der Waals surface area contributed by atoms with Crippen LogP contribution in [0.1, 0.15) is 5.82 Å². The third-order valence-electron chi connectivity index (χ3n) is 1.94. The van der Waals surface area contributed by atoms with Crippen LogP contribution in [0.25, 0.3) is 5.69 Å². The molecule has 0 radical (unpaired) electrons. The number of hydrogen-bond acceptors (Lipinski definition) is 2. The quantitative estimate of drug-likeness (QED) is 0.714. The molecule has 3 nitrogen and oxygen atoms in total. The van der Waals surface area contributed by atoms with E-state index in [1.807, 2.05) is 48.0 Å². The van der Waals surface area contributed by atoms with Crippen molar-refractivity contribution in [3.63, 3.8) is 0 Å². The number of imidazole rings is 1. The van der Waals surface area contributed by atoms with E-state index < -0.39 is 0 Å². The third-order valence-corrected chi connectivity index (χ3v) is 1.94. The van der Waals surface area contributed by atoms with E-state index in [9.17, 15) is 0 Å². The molecule has 0 bridgehead atoms. The number of rotatable bonds is 1. The normalized spacial score (nSPS) is 10.2. The molecule has 0 unspecified atom stereocenters. The Morgan fingerprint density at radius 1 is 1.23 bits per heavy atom. The molecule has 0 saturated carbocycles. The van der Waals surface area contributed by atoms with Crippen molar-refractivity contribution in [3.8, 4) is 5.69 Å². The van der Waals surface area contributed by atoms with E-state index in [1.165, 1.54) is 0 Å². The lowest BCUT2D eigenvalue weighted by Crippen LogP contribution is -1.93. The Hall–Kier alpha value is -1.77. The van der Waals surface area contributed by atoms with Crippen LogP contribution < -0.4 is 5.73 Å². The van der Waals surface area contributed by atoms with Crippen molar-refractivity contribution in [2.75, 3.05) is 5.73 Å². The number of anilines is 1. The minimum atomic E-state index is 0.557. The zero-order valence-electron chi connectivity index (χ0n) is 7.44. The zero-order valence-corrected chi connectivity index (χ0v) is 7.44. The first-order chi connectivity index (χ1) is 6.27. The first-order valence-corrected chi connectivity index (χ1v) is 4.14. The molecule has 0 aliphatic carbocycles. The van der Waals surface area contributed by atoms with Crippen molar-refractivity contribution < 1.29 is 0 Å². The molecule has 2 rings (SSSR count). The fourth-order valence-corrected chi connectivity index (χ4v) is 1.35.